The standard InChI is InChI=1S/C21H23N3O4/c1-13(2)14-5-7-15(8-6-14)16-9-11-17(12-10-16)21(27)24(4)18(19(25)22-3)20(26)23-28/h5-12,18,28H,1H2,2-4H3,(H,22,25)(H,23,26). The number of benzene rings is 2. The molecule has 2 aromatic carbocycles. The Morgan fingerprint density at radius 1 is 0.929 bits per heavy atom. The maximum absolute atomic E-state index is 12.7. The van der Waals surface area contributed by atoms with Crippen LogP contribution in [0.15, 0.2) is 55.1 Å². The Hall–Kier alpha value is -3.45. The number of likely N-dealkylation sites (N-methyl/N-ethyl adjacent to an activating group) is 2. The van der Waals surface area contributed by atoms with E-state index in [-0.39, 0.29) is 0 Å². The van der Waals surface area contributed by atoms with E-state index in [0.717, 1.165) is 27.2 Å². The predicted molar refractivity (Wildman–Crippen MR) is 106 cm³/mol. The van der Waals surface area contributed by atoms with Gasteiger partial charge < -0.3 is 10.2 Å². The molecule has 0 aliphatic rings. The van der Waals surface area contributed by atoms with Crippen LogP contribution in [0, 0.1) is 0 Å². The molecule has 0 aromatic heterocycles. The molecule has 2 rings (SSSR count). The number of rotatable bonds is 6. The average Bonchev–Trinajstić information content (AvgIpc) is 2.73. The molecular weight excluding hydrogens is 358 g/mol. The molecule has 1 unspecified atom stereocenters. The summed E-state index contributed by atoms with van der Waals surface area (Å²) < 4.78 is 0. The molecular formula is C21H23N3O4. The van der Waals surface area contributed by atoms with Gasteiger partial charge in [-0.15, -0.1) is 0 Å². The van der Waals surface area contributed by atoms with E-state index in [4.69, 9.17) is 5.21 Å². The Morgan fingerprint density at radius 3 is 1.79 bits per heavy atom. The van der Waals surface area contributed by atoms with Gasteiger partial charge in [0, 0.05) is 19.7 Å². The van der Waals surface area contributed by atoms with Gasteiger partial charge in [0.25, 0.3) is 17.7 Å². The molecule has 3 amide bonds. The van der Waals surface area contributed by atoms with Crippen LogP contribution in [0.4, 0.5) is 0 Å². The van der Waals surface area contributed by atoms with Gasteiger partial charge in [-0.1, -0.05) is 48.6 Å². The summed E-state index contributed by atoms with van der Waals surface area (Å²) in [5, 5.41) is 11.1. The molecule has 0 aliphatic heterocycles. The molecule has 2 aromatic rings. The van der Waals surface area contributed by atoms with E-state index in [1.165, 1.54) is 19.6 Å². The number of nitrogens with one attached hydrogen (secondary N) is 2. The summed E-state index contributed by atoms with van der Waals surface area (Å²) in [5.41, 5.74) is 5.66. The van der Waals surface area contributed by atoms with Crippen LogP contribution in [0.5, 0.6) is 0 Å². The molecule has 1 atom stereocenters. The quantitative estimate of drug-likeness (QED) is 0.405. The minimum absolute atomic E-state index is 0.310. The second-order valence-corrected chi connectivity index (χ2v) is 6.34. The van der Waals surface area contributed by atoms with E-state index in [1.54, 1.807) is 24.3 Å². The molecule has 7 nitrogen and oxygen atoms in total. The molecule has 0 bridgehead atoms. The van der Waals surface area contributed by atoms with E-state index >= 15 is 0 Å². The van der Waals surface area contributed by atoms with Crippen molar-refractivity contribution in [3.63, 3.8) is 0 Å². The first-order valence-corrected chi connectivity index (χ1v) is 8.59. The van der Waals surface area contributed by atoms with Gasteiger partial charge in [0.05, 0.1) is 0 Å². The minimum atomic E-state index is -1.49. The molecule has 3 N–H and O–H groups in total. The summed E-state index contributed by atoms with van der Waals surface area (Å²) in [5.74, 6) is -2.23. The van der Waals surface area contributed by atoms with Gasteiger partial charge in [-0.3, -0.25) is 19.6 Å². The van der Waals surface area contributed by atoms with Crippen LogP contribution in [0.3, 0.4) is 0 Å². The van der Waals surface area contributed by atoms with Gasteiger partial charge in [-0.2, -0.15) is 0 Å². The summed E-state index contributed by atoms with van der Waals surface area (Å²) >= 11 is 0. The van der Waals surface area contributed by atoms with Crippen molar-refractivity contribution >= 4 is 23.3 Å². The van der Waals surface area contributed by atoms with E-state index in [2.05, 4.69) is 11.9 Å². The number of nitrogens with zero attached hydrogens (tertiary/aromatic N) is 1. The van der Waals surface area contributed by atoms with Crippen LogP contribution >= 0.6 is 0 Å². The number of carbonyl (C=O) groups excluding carboxylic acids is 3. The highest BCUT2D eigenvalue weighted by Gasteiger charge is 2.33. The van der Waals surface area contributed by atoms with Gasteiger partial charge >= 0.3 is 0 Å². The average molecular weight is 381 g/mol. The van der Waals surface area contributed by atoms with Crippen LogP contribution in [0.25, 0.3) is 16.7 Å². The topological polar surface area (TPSA) is 98.7 Å². The third-order valence-electron chi connectivity index (χ3n) is 4.40. The molecule has 28 heavy (non-hydrogen) atoms. The summed E-state index contributed by atoms with van der Waals surface area (Å²) in [6, 6.07) is 13.2. The summed E-state index contributed by atoms with van der Waals surface area (Å²) in [6.45, 7) is 5.85. The van der Waals surface area contributed by atoms with Gasteiger partial charge in [-0.05, 0) is 35.7 Å². The largest absolute Gasteiger partial charge is 0.357 e. The molecule has 0 aliphatic carbocycles. The fraction of sp³-hybridized carbons (Fsp3) is 0.190. The molecule has 0 heterocycles. The summed E-state index contributed by atoms with van der Waals surface area (Å²) in [4.78, 5) is 37.3. The number of amides is 3. The Balaban J connectivity index is 2.23. The van der Waals surface area contributed by atoms with Crippen LogP contribution < -0.4 is 10.8 Å². The lowest BCUT2D eigenvalue weighted by atomic mass is 10.0. The van der Waals surface area contributed by atoms with Crippen molar-refractivity contribution in [2.45, 2.75) is 13.0 Å². The molecule has 0 spiro atoms. The van der Waals surface area contributed by atoms with Crippen LogP contribution in [-0.4, -0.2) is 48.0 Å². The van der Waals surface area contributed by atoms with E-state index < -0.39 is 23.8 Å². The maximum Gasteiger partial charge on any atom is 0.275 e. The fourth-order valence-corrected chi connectivity index (χ4v) is 2.74. The normalized spacial score (nSPS) is 11.3. The first kappa shape index (κ1) is 20.9. The SMILES string of the molecule is C=C(C)c1ccc(-c2ccc(C(=O)N(C)C(C(=O)NC)C(=O)NO)cc2)cc1. The number of carbonyl (C=O) groups is 3. The fourth-order valence-electron chi connectivity index (χ4n) is 2.74. The lowest BCUT2D eigenvalue weighted by Crippen LogP contribution is -2.54. The van der Waals surface area contributed by atoms with E-state index in [0.29, 0.717) is 5.56 Å². The molecule has 0 saturated carbocycles. The Bertz CT molecular complexity index is 873. The number of allylic oxidation sites excluding steroid dienone is 1. The van der Waals surface area contributed by atoms with Gasteiger partial charge in [0.1, 0.15) is 0 Å². The summed E-state index contributed by atoms with van der Waals surface area (Å²) in [6.07, 6.45) is 0. The number of hydroxylamine groups is 1. The second-order valence-electron chi connectivity index (χ2n) is 6.34. The summed E-state index contributed by atoms with van der Waals surface area (Å²) in [7, 11) is 2.66. The van der Waals surface area contributed by atoms with Gasteiger partial charge in [0.15, 0.2) is 6.04 Å². The van der Waals surface area contributed by atoms with Crippen LogP contribution in [0.1, 0.15) is 22.8 Å². The first-order valence-electron chi connectivity index (χ1n) is 8.59. The highest BCUT2D eigenvalue weighted by molar-refractivity contribution is 6.08. The lowest BCUT2D eigenvalue weighted by Gasteiger charge is -2.25. The van der Waals surface area contributed by atoms with Crippen molar-refractivity contribution in [3.8, 4) is 11.1 Å². The maximum atomic E-state index is 12.7. The van der Waals surface area contributed by atoms with Crippen molar-refractivity contribution in [1.29, 1.82) is 0 Å². The van der Waals surface area contributed by atoms with Crippen molar-refractivity contribution in [2.24, 2.45) is 0 Å². The first-order chi connectivity index (χ1) is 13.3. The lowest BCUT2D eigenvalue weighted by molar-refractivity contribution is -0.140. The molecule has 0 fully saturated rings. The minimum Gasteiger partial charge on any atom is -0.357 e. The Kier molecular flexibility index (Phi) is 6.68. The van der Waals surface area contributed by atoms with Crippen molar-refractivity contribution in [1.82, 2.24) is 15.7 Å². The Morgan fingerprint density at radius 2 is 1.39 bits per heavy atom. The highest BCUT2D eigenvalue weighted by atomic mass is 16.5. The van der Waals surface area contributed by atoms with Crippen molar-refractivity contribution < 1.29 is 19.6 Å². The third-order valence-corrected chi connectivity index (χ3v) is 4.40. The second kappa shape index (κ2) is 8.96. The van der Waals surface area contributed by atoms with Crippen molar-refractivity contribution in [3.05, 3.63) is 66.2 Å². The van der Waals surface area contributed by atoms with Crippen LogP contribution in [-0.2, 0) is 9.59 Å². The van der Waals surface area contributed by atoms with Crippen LogP contribution in [0.2, 0.25) is 0 Å². The predicted octanol–water partition coefficient (Wildman–Crippen LogP) is 2.08. The monoisotopic (exact) mass is 381 g/mol. The molecule has 146 valence electrons. The third kappa shape index (κ3) is 4.44. The zero-order chi connectivity index (χ0) is 20.8. The molecule has 0 saturated heterocycles. The zero-order valence-corrected chi connectivity index (χ0v) is 16.0. The van der Waals surface area contributed by atoms with Crippen molar-refractivity contribution in [2.75, 3.05) is 14.1 Å². The van der Waals surface area contributed by atoms with Gasteiger partial charge in [-0.25, -0.2) is 5.48 Å². The number of hydrogen-bond acceptors (Lipinski definition) is 4. The number of hydrogen-bond donors (Lipinski definition) is 3. The molecule has 0 radical (unpaired) electrons. The van der Waals surface area contributed by atoms with E-state index in [9.17, 15) is 14.4 Å². The Labute approximate surface area is 163 Å². The molecule has 7 heteroatoms. The van der Waals surface area contributed by atoms with E-state index in [1.807, 2.05) is 31.2 Å². The highest BCUT2D eigenvalue weighted by Crippen LogP contribution is 2.23. The zero-order valence-electron chi connectivity index (χ0n) is 16.0. The smallest absolute Gasteiger partial charge is 0.275 e. The van der Waals surface area contributed by atoms with Gasteiger partial charge in [0.2, 0.25) is 0 Å².